The van der Waals surface area contributed by atoms with Gasteiger partial charge in [-0.3, -0.25) is 4.79 Å². The first-order valence-electron chi connectivity index (χ1n) is 13.4. The molecule has 3 aromatic rings. The number of ether oxygens (including phenoxy) is 2. The van der Waals surface area contributed by atoms with Crippen molar-refractivity contribution in [3.05, 3.63) is 53.1 Å². The number of fused-ring (bicyclic) bond motifs is 7. The SMILES string of the molecule is COc1ccc2c(c1)C1C[C@]1(C(=O)O)Cn1c-2c(C2CCCCC2)c2ccc(C(=O)OC(C)(C)C)cc21. The van der Waals surface area contributed by atoms with Crippen LogP contribution >= 0.6 is 0 Å². The highest BCUT2D eigenvalue weighted by molar-refractivity contribution is 6.00. The lowest BCUT2D eigenvalue weighted by molar-refractivity contribution is -0.144. The average Bonchev–Trinajstić information content (AvgIpc) is 3.54. The van der Waals surface area contributed by atoms with Gasteiger partial charge in [0, 0.05) is 28.9 Å². The van der Waals surface area contributed by atoms with Crippen LogP contribution in [0.25, 0.3) is 22.2 Å². The van der Waals surface area contributed by atoms with E-state index in [9.17, 15) is 14.7 Å². The molecule has 6 rings (SSSR count). The van der Waals surface area contributed by atoms with Crippen LogP contribution in [0, 0.1) is 5.41 Å². The first-order chi connectivity index (χ1) is 17.6. The molecule has 2 aromatic carbocycles. The Hall–Kier alpha value is -3.28. The van der Waals surface area contributed by atoms with Crippen LogP contribution in [-0.4, -0.2) is 34.3 Å². The molecular weight excluding hydrogens is 466 g/mol. The number of esters is 1. The number of nitrogens with zero attached hydrogens (tertiary/aromatic N) is 1. The molecule has 0 saturated heterocycles. The first-order valence-corrected chi connectivity index (χ1v) is 13.4. The topological polar surface area (TPSA) is 77.8 Å². The summed E-state index contributed by atoms with van der Waals surface area (Å²) in [6, 6.07) is 12.0. The van der Waals surface area contributed by atoms with Gasteiger partial charge in [0.15, 0.2) is 0 Å². The number of benzene rings is 2. The van der Waals surface area contributed by atoms with Gasteiger partial charge in [-0.25, -0.2) is 4.79 Å². The van der Waals surface area contributed by atoms with E-state index in [1.54, 1.807) is 7.11 Å². The maximum absolute atomic E-state index is 13.0. The van der Waals surface area contributed by atoms with E-state index in [4.69, 9.17) is 9.47 Å². The summed E-state index contributed by atoms with van der Waals surface area (Å²) >= 11 is 0. The average molecular weight is 502 g/mol. The standard InChI is InChI=1S/C31H35NO5/c1-30(2,3)37-28(33)19-10-12-22-25(14-19)32-17-31(29(34)35)16-24(31)23-15-20(36-4)11-13-21(23)27(32)26(22)18-8-6-5-7-9-18/h10-15,18,24H,5-9,16-17H2,1-4H3,(H,34,35)/t24?,31-/m0/s1. The molecule has 3 aliphatic rings. The predicted octanol–water partition coefficient (Wildman–Crippen LogP) is 6.89. The highest BCUT2D eigenvalue weighted by atomic mass is 16.6. The van der Waals surface area contributed by atoms with Gasteiger partial charge in [-0.15, -0.1) is 0 Å². The van der Waals surface area contributed by atoms with Gasteiger partial charge in [0.1, 0.15) is 11.4 Å². The van der Waals surface area contributed by atoms with Gasteiger partial charge < -0.3 is 19.1 Å². The number of methoxy groups -OCH3 is 1. The third kappa shape index (κ3) is 3.84. The number of carbonyl (C=O) groups is 2. The Bertz CT molecular complexity index is 1420. The second-order valence-corrected chi connectivity index (χ2v) is 12.1. The molecule has 0 spiro atoms. The number of hydrogen-bond donors (Lipinski definition) is 1. The van der Waals surface area contributed by atoms with Gasteiger partial charge in [0.05, 0.1) is 23.8 Å². The molecule has 1 N–H and O–H groups in total. The fourth-order valence-corrected chi connectivity index (χ4v) is 6.74. The Labute approximate surface area is 217 Å². The zero-order valence-electron chi connectivity index (χ0n) is 22.1. The summed E-state index contributed by atoms with van der Waals surface area (Å²) in [5.41, 5.74) is 4.55. The van der Waals surface area contributed by atoms with Crippen molar-refractivity contribution in [1.29, 1.82) is 0 Å². The number of aliphatic carboxylic acids is 1. The zero-order valence-corrected chi connectivity index (χ0v) is 22.1. The van der Waals surface area contributed by atoms with Crippen LogP contribution in [0.3, 0.4) is 0 Å². The van der Waals surface area contributed by atoms with Crippen molar-refractivity contribution >= 4 is 22.8 Å². The Morgan fingerprint density at radius 3 is 2.49 bits per heavy atom. The van der Waals surface area contributed by atoms with Crippen LogP contribution in [0.15, 0.2) is 36.4 Å². The van der Waals surface area contributed by atoms with E-state index in [0.29, 0.717) is 24.4 Å². The molecule has 1 unspecified atom stereocenters. The van der Waals surface area contributed by atoms with Crippen LogP contribution in [0.5, 0.6) is 5.75 Å². The maximum Gasteiger partial charge on any atom is 0.338 e. The van der Waals surface area contributed by atoms with Crippen LogP contribution in [-0.2, 0) is 16.1 Å². The Morgan fingerprint density at radius 1 is 1.05 bits per heavy atom. The Balaban J connectivity index is 1.63. The molecule has 0 bridgehead atoms. The summed E-state index contributed by atoms with van der Waals surface area (Å²) in [4.78, 5) is 25.7. The second kappa shape index (κ2) is 8.37. The molecule has 37 heavy (non-hydrogen) atoms. The largest absolute Gasteiger partial charge is 0.497 e. The van der Waals surface area contributed by atoms with Crippen molar-refractivity contribution in [2.75, 3.05) is 7.11 Å². The van der Waals surface area contributed by atoms with Crippen LogP contribution < -0.4 is 4.74 Å². The zero-order chi connectivity index (χ0) is 26.1. The molecule has 2 heterocycles. The Morgan fingerprint density at radius 2 is 1.81 bits per heavy atom. The third-order valence-electron chi connectivity index (χ3n) is 8.58. The van der Waals surface area contributed by atoms with Crippen LogP contribution in [0.2, 0.25) is 0 Å². The quantitative estimate of drug-likeness (QED) is 0.394. The van der Waals surface area contributed by atoms with E-state index in [1.807, 2.05) is 45.0 Å². The smallest absolute Gasteiger partial charge is 0.338 e. The lowest BCUT2D eigenvalue weighted by atomic mass is 9.81. The van der Waals surface area contributed by atoms with Crippen molar-refractivity contribution in [2.24, 2.45) is 5.41 Å². The highest BCUT2D eigenvalue weighted by Crippen LogP contribution is 2.65. The number of carboxylic acid groups (broad SMARTS) is 1. The highest BCUT2D eigenvalue weighted by Gasteiger charge is 2.63. The third-order valence-corrected chi connectivity index (χ3v) is 8.58. The van der Waals surface area contributed by atoms with Crippen molar-refractivity contribution in [2.45, 2.75) is 83.3 Å². The van der Waals surface area contributed by atoms with E-state index in [-0.39, 0.29) is 11.9 Å². The first kappa shape index (κ1) is 24.1. The molecule has 2 fully saturated rings. The molecule has 2 atom stereocenters. The minimum Gasteiger partial charge on any atom is -0.497 e. The number of carboxylic acids is 1. The van der Waals surface area contributed by atoms with Crippen molar-refractivity contribution in [3.8, 4) is 17.0 Å². The summed E-state index contributed by atoms with van der Waals surface area (Å²) in [5.74, 6) is -0.0205. The van der Waals surface area contributed by atoms with Gasteiger partial charge in [-0.05, 0) is 87.4 Å². The van der Waals surface area contributed by atoms with E-state index < -0.39 is 17.0 Å². The minimum atomic E-state index is -0.857. The lowest BCUT2D eigenvalue weighted by Gasteiger charge is -2.24. The Kier molecular flexibility index (Phi) is 5.45. The number of hydrogen-bond acceptors (Lipinski definition) is 4. The van der Waals surface area contributed by atoms with Crippen LogP contribution in [0.4, 0.5) is 0 Å². The summed E-state index contributed by atoms with van der Waals surface area (Å²) in [7, 11) is 1.65. The fourth-order valence-electron chi connectivity index (χ4n) is 6.74. The second-order valence-electron chi connectivity index (χ2n) is 12.1. The molecule has 1 aromatic heterocycles. The van der Waals surface area contributed by atoms with Gasteiger partial charge in [-0.1, -0.05) is 25.3 Å². The molecule has 2 saturated carbocycles. The molecule has 0 radical (unpaired) electrons. The molecular formula is C31H35NO5. The minimum absolute atomic E-state index is 0.0571. The van der Waals surface area contributed by atoms with Crippen molar-refractivity contribution < 1.29 is 24.2 Å². The van der Waals surface area contributed by atoms with Gasteiger partial charge >= 0.3 is 11.9 Å². The monoisotopic (exact) mass is 501 g/mol. The summed E-state index contributed by atoms with van der Waals surface area (Å²) in [6.07, 6.45) is 6.50. The molecule has 6 nitrogen and oxygen atoms in total. The normalized spacial score (nSPS) is 23.0. The van der Waals surface area contributed by atoms with Gasteiger partial charge in [0.2, 0.25) is 0 Å². The maximum atomic E-state index is 13.0. The number of aromatic nitrogens is 1. The van der Waals surface area contributed by atoms with Crippen molar-refractivity contribution in [3.63, 3.8) is 0 Å². The number of carbonyl (C=O) groups excluding carboxylic acids is 1. The fraction of sp³-hybridized carbons (Fsp3) is 0.484. The number of rotatable bonds is 4. The predicted molar refractivity (Wildman–Crippen MR) is 142 cm³/mol. The molecule has 1 aliphatic heterocycles. The van der Waals surface area contributed by atoms with Crippen molar-refractivity contribution in [1.82, 2.24) is 4.57 Å². The van der Waals surface area contributed by atoms with Gasteiger partial charge in [-0.2, -0.15) is 0 Å². The van der Waals surface area contributed by atoms with E-state index in [2.05, 4.69) is 16.7 Å². The molecule has 2 aliphatic carbocycles. The van der Waals surface area contributed by atoms with Gasteiger partial charge in [0.25, 0.3) is 0 Å². The summed E-state index contributed by atoms with van der Waals surface area (Å²) < 4.78 is 13.4. The summed E-state index contributed by atoms with van der Waals surface area (Å²) in [5, 5.41) is 11.5. The van der Waals surface area contributed by atoms with E-state index >= 15 is 0 Å². The molecule has 0 amide bonds. The molecule has 6 heteroatoms. The van der Waals surface area contributed by atoms with E-state index in [1.165, 1.54) is 24.8 Å². The lowest BCUT2D eigenvalue weighted by Crippen LogP contribution is -2.24. The molecule has 194 valence electrons. The summed E-state index contributed by atoms with van der Waals surface area (Å²) in [6.45, 7) is 5.98. The van der Waals surface area contributed by atoms with Crippen LogP contribution in [0.1, 0.15) is 92.6 Å². The van der Waals surface area contributed by atoms with E-state index in [0.717, 1.165) is 46.3 Å².